The molecule has 0 saturated carbocycles. The molecule has 0 saturated heterocycles. The molecule has 7 heteroatoms. The summed E-state index contributed by atoms with van der Waals surface area (Å²) in [7, 11) is -3.31. The summed E-state index contributed by atoms with van der Waals surface area (Å²) >= 11 is 6.19. The van der Waals surface area contributed by atoms with Crippen molar-refractivity contribution in [2.45, 2.75) is 25.8 Å². The van der Waals surface area contributed by atoms with Crippen LogP contribution in [0.25, 0.3) is 0 Å². The van der Waals surface area contributed by atoms with Crippen molar-refractivity contribution in [3.63, 3.8) is 0 Å². The second kappa shape index (κ2) is 7.29. The van der Waals surface area contributed by atoms with E-state index in [9.17, 15) is 13.2 Å². The molecule has 0 radical (unpaired) electrons. The van der Waals surface area contributed by atoms with Crippen LogP contribution in [0.1, 0.15) is 40.9 Å². The molecule has 2 aromatic carbocycles. The van der Waals surface area contributed by atoms with Gasteiger partial charge in [-0.3, -0.25) is 9.10 Å². The maximum Gasteiger partial charge on any atom is 0.251 e. The third-order valence-electron chi connectivity index (χ3n) is 4.54. The lowest BCUT2D eigenvalue weighted by atomic mass is 10.00. The summed E-state index contributed by atoms with van der Waals surface area (Å²) in [5.41, 5.74) is 2.90. The number of hydrogen-bond donors (Lipinski definition) is 1. The Morgan fingerprint density at radius 3 is 2.65 bits per heavy atom. The van der Waals surface area contributed by atoms with Gasteiger partial charge < -0.3 is 5.32 Å². The van der Waals surface area contributed by atoms with Crippen LogP contribution in [0.2, 0.25) is 5.02 Å². The molecule has 138 valence electrons. The molecule has 1 aliphatic heterocycles. The fraction of sp³-hybridized carbons (Fsp3) is 0.316. The lowest BCUT2D eigenvalue weighted by molar-refractivity contribution is 0.0940. The Kier molecular flexibility index (Phi) is 5.25. The Bertz CT molecular complexity index is 944. The standard InChI is InChI=1S/C19H21ClN2O3S/c1-13(16-7-3-4-8-17(16)20)21-19(23)15-9-10-18-14(12-15)6-5-11-22(18)26(2,24)25/h3-4,7-10,12-13H,5-6,11H2,1-2H3,(H,21,23)/t13-/m1/s1. The number of aryl methyl sites for hydroxylation is 1. The number of nitrogens with one attached hydrogen (secondary N) is 1. The van der Waals surface area contributed by atoms with Crippen molar-refractivity contribution in [3.8, 4) is 0 Å². The van der Waals surface area contributed by atoms with E-state index in [4.69, 9.17) is 11.6 Å². The molecule has 0 aromatic heterocycles. The molecular weight excluding hydrogens is 372 g/mol. The van der Waals surface area contributed by atoms with Gasteiger partial charge in [0, 0.05) is 17.1 Å². The zero-order valence-corrected chi connectivity index (χ0v) is 16.3. The van der Waals surface area contributed by atoms with Gasteiger partial charge in [0.2, 0.25) is 10.0 Å². The van der Waals surface area contributed by atoms with Crippen LogP contribution in [-0.2, 0) is 16.4 Å². The molecule has 1 atom stereocenters. The lowest BCUT2D eigenvalue weighted by Crippen LogP contribution is -2.35. The molecule has 1 heterocycles. The van der Waals surface area contributed by atoms with Gasteiger partial charge in [0.25, 0.3) is 5.91 Å². The summed E-state index contributed by atoms with van der Waals surface area (Å²) < 4.78 is 25.3. The Morgan fingerprint density at radius 1 is 1.23 bits per heavy atom. The van der Waals surface area contributed by atoms with Crippen molar-refractivity contribution in [2.75, 3.05) is 17.1 Å². The number of carbonyl (C=O) groups excluding carboxylic acids is 1. The van der Waals surface area contributed by atoms with Crippen LogP contribution in [0, 0.1) is 0 Å². The molecule has 0 fully saturated rings. The third-order valence-corrected chi connectivity index (χ3v) is 6.06. The monoisotopic (exact) mass is 392 g/mol. The van der Waals surface area contributed by atoms with Gasteiger partial charge >= 0.3 is 0 Å². The first-order valence-electron chi connectivity index (χ1n) is 8.43. The van der Waals surface area contributed by atoms with Crippen LogP contribution in [-0.4, -0.2) is 27.1 Å². The van der Waals surface area contributed by atoms with Crippen LogP contribution >= 0.6 is 11.6 Å². The summed E-state index contributed by atoms with van der Waals surface area (Å²) in [6.45, 7) is 2.35. The number of benzene rings is 2. The topological polar surface area (TPSA) is 66.5 Å². The van der Waals surface area contributed by atoms with Gasteiger partial charge in [0.05, 0.1) is 18.0 Å². The molecule has 0 aliphatic carbocycles. The molecule has 3 rings (SSSR count). The van der Waals surface area contributed by atoms with Crippen molar-refractivity contribution in [2.24, 2.45) is 0 Å². The molecule has 0 bridgehead atoms. The van der Waals surface area contributed by atoms with E-state index < -0.39 is 10.0 Å². The van der Waals surface area contributed by atoms with E-state index in [0.29, 0.717) is 22.8 Å². The van der Waals surface area contributed by atoms with E-state index in [2.05, 4.69) is 5.32 Å². The van der Waals surface area contributed by atoms with E-state index >= 15 is 0 Å². The molecule has 5 nitrogen and oxygen atoms in total. The Labute approximate surface area is 159 Å². The number of carbonyl (C=O) groups is 1. The average molecular weight is 393 g/mol. The first kappa shape index (κ1) is 18.7. The van der Waals surface area contributed by atoms with Crippen LogP contribution in [0.3, 0.4) is 0 Å². The Hall–Kier alpha value is -2.05. The number of hydrogen-bond acceptors (Lipinski definition) is 3. The number of nitrogens with zero attached hydrogens (tertiary/aromatic N) is 1. The average Bonchev–Trinajstić information content (AvgIpc) is 2.60. The van der Waals surface area contributed by atoms with Gasteiger partial charge in [-0.2, -0.15) is 0 Å². The zero-order chi connectivity index (χ0) is 18.9. The largest absolute Gasteiger partial charge is 0.345 e. The minimum Gasteiger partial charge on any atom is -0.345 e. The normalized spacial score (nSPS) is 15.3. The highest BCUT2D eigenvalue weighted by Gasteiger charge is 2.25. The van der Waals surface area contributed by atoms with E-state index in [1.807, 2.05) is 25.1 Å². The highest BCUT2D eigenvalue weighted by molar-refractivity contribution is 7.92. The molecule has 1 amide bonds. The summed E-state index contributed by atoms with van der Waals surface area (Å²) in [6, 6.07) is 12.3. The Balaban J connectivity index is 1.82. The van der Waals surface area contributed by atoms with E-state index in [-0.39, 0.29) is 11.9 Å². The maximum atomic E-state index is 12.6. The maximum absolute atomic E-state index is 12.6. The van der Waals surface area contributed by atoms with Crippen molar-refractivity contribution in [1.29, 1.82) is 0 Å². The fourth-order valence-electron chi connectivity index (χ4n) is 3.23. The van der Waals surface area contributed by atoms with Crippen molar-refractivity contribution >= 4 is 33.2 Å². The van der Waals surface area contributed by atoms with Gasteiger partial charge in [0.1, 0.15) is 0 Å². The molecule has 0 spiro atoms. The predicted octanol–water partition coefficient (Wildman–Crippen LogP) is 3.54. The second-order valence-corrected chi connectivity index (χ2v) is 8.81. The van der Waals surface area contributed by atoms with Crippen molar-refractivity contribution in [1.82, 2.24) is 5.32 Å². The van der Waals surface area contributed by atoms with Crippen LogP contribution in [0.15, 0.2) is 42.5 Å². The Morgan fingerprint density at radius 2 is 1.96 bits per heavy atom. The quantitative estimate of drug-likeness (QED) is 0.865. The predicted molar refractivity (Wildman–Crippen MR) is 104 cm³/mol. The molecule has 1 N–H and O–H groups in total. The minimum absolute atomic E-state index is 0.211. The number of fused-ring (bicyclic) bond motifs is 1. The van der Waals surface area contributed by atoms with Gasteiger partial charge in [-0.15, -0.1) is 0 Å². The first-order chi connectivity index (χ1) is 12.3. The highest BCUT2D eigenvalue weighted by Crippen LogP contribution is 2.30. The lowest BCUT2D eigenvalue weighted by Gasteiger charge is -2.29. The third kappa shape index (κ3) is 3.86. The zero-order valence-electron chi connectivity index (χ0n) is 14.7. The van der Waals surface area contributed by atoms with E-state index in [1.165, 1.54) is 10.6 Å². The van der Waals surface area contributed by atoms with Gasteiger partial charge in [-0.1, -0.05) is 29.8 Å². The number of rotatable bonds is 4. The summed E-state index contributed by atoms with van der Waals surface area (Å²) in [5, 5.41) is 3.55. The molecule has 26 heavy (non-hydrogen) atoms. The number of sulfonamides is 1. The smallest absolute Gasteiger partial charge is 0.251 e. The first-order valence-corrected chi connectivity index (χ1v) is 10.7. The molecule has 2 aromatic rings. The molecular formula is C19H21ClN2O3S. The van der Waals surface area contributed by atoms with E-state index in [0.717, 1.165) is 24.0 Å². The highest BCUT2D eigenvalue weighted by atomic mass is 35.5. The minimum atomic E-state index is -3.31. The SMILES string of the molecule is C[C@@H](NC(=O)c1ccc2c(c1)CCCN2S(C)(=O)=O)c1ccccc1Cl. The van der Waals surface area contributed by atoms with Crippen molar-refractivity contribution < 1.29 is 13.2 Å². The second-order valence-electron chi connectivity index (χ2n) is 6.50. The van der Waals surface area contributed by atoms with E-state index in [1.54, 1.807) is 24.3 Å². The molecule has 1 aliphatic rings. The molecule has 0 unspecified atom stereocenters. The fourth-order valence-corrected chi connectivity index (χ4v) is 4.53. The van der Waals surface area contributed by atoms with Crippen LogP contribution in [0.5, 0.6) is 0 Å². The van der Waals surface area contributed by atoms with Crippen molar-refractivity contribution in [3.05, 3.63) is 64.2 Å². The van der Waals surface area contributed by atoms with Gasteiger partial charge in [0.15, 0.2) is 0 Å². The summed E-state index contributed by atoms with van der Waals surface area (Å²) in [4.78, 5) is 12.6. The summed E-state index contributed by atoms with van der Waals surface area (Å²) in [6.07, 6.45) is 2.69. The van der Waals surface area contributed by atoms with Gasteiger partial charge in [-0.25, -0.2) is 8.42 Å². The number of halogens is 1. The van der Waals surface area contributed by atoms with Gasteiger partial charge in [-0.05, 0) is 55.2 Å². The number of amides is 1. The van der Waals surface area contributed by atoms with Crippen LogP contribution in [0.4, 0.5) is 5.69 Å². The summed E-state index contributed by atoms with van der Waals surface area (Å²) in [5.74, 6) is -0.211. The number of anilines is 1. The van der Waals surface area contributed by atoms with Crippen LogP contribution < -0.4 is 9.62 Å².